The third-order valence-electron chi connectivity index (χ3n) is 5.28. The minimum absolute atomic E-state index is 0.0155. The van der Waals surface area contributed by atoms with Crippen LogP contribution in [-0.4, -0.2) is 42.9 Å². The van der Waals surface area contributed by atoms with Crippen molar-refractivity contribution in [1.29, 1.82) is 0 Å². The quantitative estimate of drug-likeness (QED) is 0.906. The number of aryl methyl sites for hydroxylation is 1. The van der Waals surface area contributed by atoms with Crippen LogP contribution in [0.3, 0.4) is 0 Å². The van der Waals surface area contributed by atoms with E-state index in [0.29, 0.717) is 32.5 Å². The molecule has 5 nitrogen and oxygen atoms in total. The first kappa shape index (κ1) is 17.7. The van der Waals surface area contributed by atoms with Gasteiger partial charge in [-0.05, 0) is 35.7 Å². The van der Waals surface area contributed by atoms with Crippen LogP contribution < -0.4 is 10.2 Å². The van der Waals surface area contributed by atoms with Gasteiger partial charge < -0.3 is 15.1 Å². The van der Waals surface area contributed by atoms with E-state index in [2.05, 4.69) is 5.32 Å². The zero-order valence-electron chi connectivity index (χ0n) is 15.0. The number of benzene rings is 2. The van der Waals surface area contributed by atoms with Gasteiger partial charge in [0.05, 0.1) is 6.04 Å². The number of rotatable bonds is 3. The van der Waals surface area contributed by atoms with Crippen molar-refractivity contribution in [2.24, 2.45) is 0 Å². The van der Waals surface area contributed by atoms with Gasteiger partial charge in [0, 0.05) is 31.7 Å². The molecule has 2 aromatic rings. The summed E-state index contributed by atoms with van der Waals surface area (Å²) in [6.07, 6.45) is 1.12. The molecule has 0 saturated carbocycles. The van der Waals surface area contributed by atoms with Gasteiger partial charge in [0.2, 0.25) is 11.8 Å². The van der Waals surface area contributed by atoms with E-state index in [0.717, 1.165) is 16.8 Å². The fourth-order valence-electron chi connectivity index (χ4n) is 3.91. The Hall–Kier alpha value is -2.73. The fraction of sp³-hybridized carbons (Fsp3) is 0.333. The number of amides is 2. The third kappa shape index (κ3) is 3.57. The Balaban J connectivity index is 1.57. The van der Waals surface area contributed by atoms with E-state index in [9.17, 15) is 14.0 Å². The van der Waals surface area contributed by atoms with Crippen LogP contribution in [0.4, 0.5) is 10.1 Å². The Bertz CT molecular complexity index is 870. The van der Waals surface area contributed by atoms with Crippen molar-refractivity contribution in [2.75, 3.05) is 31.1 Å². The third-order valence-corrected chi connectivity index (χ3v) is 5.28. The van der Waals surface area contributed by atoms with Gasteiger partial charge in [-0.2, -0.15) is 0 Å². The number of nitrogens with zero attached hydrogens (tertiary/aromatic N) is 2. The summed E-state index contributed by atoms with van der Waals surface area (Å²) >= 11 is 0. The molecule has 1 atom stereocenters. The van der Waals surface area contributed by atoms with Crippen molar-refractivity contribution in [3.05, 3.63) is 65.5 Å². The Labute approximate surface area is 157 Å². The van der Waals surface area contributed by atoms with Gasteiger partial charge in [-0.25, -0.2) is 4.39 Å². The normalized spacial score (nSPS) is 19.7. The molecule has 1 unspecified atom stereocenters. The van der Waals surface area contributed by atoms with E-state index in [1.165, 1.54) is 12.1 Å². The van der Waals surface area contributed by atoms with Gasteiger partial charge >= 0.3 is 0 Å². The molecule has 2 aliphatic heterocycles. The lowest BCUT2D eigenvalue weighted by atomic mass is 10.0. The zero-order valence-corrected chi connectivity index (χ0v) is 15.0. The Morgan fingerprint density at radius 2 is 2.00 bits per heavy atom. The van der Waals surface area contributed by atoms with Crippen LogP contribution in [0, 0.1) is 5.82 Å². The molecule has 2 heterocycles. The number of hydrogen-bond donors (Lipinski definition) is 1. The van der Waals surface area contributed by atoms with E-state index >= 15 is 0 Å². The predicted molar refractivity (Wildman–Crippen MR) is 101 cm³/mol. The zero-order chi connectivity index (χ0) is 18.8. The van der Waals surface area contributed by atoms with Crippen molar-refractivity contribution in [3.8, 4) is 0 Å². The van der Waals surface area contributed by atoms with Crippen molar-refractivity contribution in [3.63, 3.8) is 0 Å². The molecule has 0 aliphatic carbocycles. The molecule has 0 bridgehead atoms. The molecule has 0 aromatic heterocycles. The first-order chi connectivity index (χ1) is 13.1. The van der Waals surface area contributed by atoms with E-state index in [1.54, 1.807) is 15.9 Å². The molecule has 1 N–H and O–H groups in total. The van der Waals surface area contributed by atoms with Crippen LogP contribution in [-0.2, 0) is 16.0 Å². The number of hydrogen-bond acceptors (Lipinski definition) is 3. The Morgan fingerprint density at radius 3 is 2.85 bits per heavy atom. The van der Waals surface area contributed by atoms with Crippen molar-refractivity contribution < 1.29 is 14.0 Å². The van der Waals surface area contributed by atoms with Gasteiger partial charge in [-0.1, -0.05) is 30.3 Å². The summed E-state index contributed by atoms with van der Waals surface area (Å²) in [6.45, 7) is 1.80. The van der Waals surface area contributed by atoms with Gasteiger partial charge in [0.1, 0.15) is 12.4 Å². The van der Waals surface area contributed by atoms with Crippen molar-refractivity contribution in [1.82, 2.24) is 10.2 Å². The van der Waals surface area contributed by atoms with E-state index < -0.39 is 0 Å². The maximum Gasteiger partial charge on any atom is 0.243 e. The standard InChI is InChI=1S/C21H22FN3O2/c22-17-6-3-5-16(12-17)19-13-23-10-11-24(19)21(27)14-25-18-7-2-1-4-15(18)8-9-20(25)26/h1-7,12,19,23H,8-11,13-14H2. The smallest absolute Gasteiger partial charge is 0.243 e. The van der Waals surface area contributed by atoms with Crippen molar-refractivity contribution in [2.45, 2.75) is 18.9 Å². The Morgan fingerprint density at radius 1 is 1.15 bits per heavy atom. The van der Waals surface area contributed by atoms with Crippen LogP contribution in [0.15, 0.2) is 48.5 Å². The van der Waals surface area contributed by atoms with Crippen LogP contribution >= 0.6 is 0 Å². The number of anilines is 1. The lowest BCUT2D eigenvalue weighted by Gasteiger charge is -2.38. The molecule has 2 amide bonds. The summed E-state index contributed by atoms with van der Waals surface area (Å²) in [6, 6.07) is 13.8. The second kappa shape index (κ2) is 7.48. The average Bonchev–Trinajstić information content (AvgIpc) is 2.70. The van der Waals surface area contributed by atoms with Crippen molar-refractivity contribution >= 4 is 17.5 Å². The maximum atomic E-state index is 13.7. The maximum absolute atomic E-state index is 13.7. The minimum atomic E-state index is -0.314. The van der Waals surface area contributed by atoms with E-state index in [1.807, 2.05) is 30.3 Å². The van der Waals surface area contributed by atoms with Crippen LogP contribution in [0.2, 0.25) is 0 Å². The SMILES string of the molecule is O=C1CCc2ccccc2N1CC(=O)N1CCNCC1c1cccc(F)c1. The summed E-state index contributed by atoms with van der Waals surface area (Å²) in [5, 5.41) is 3.27. The number of fused-ring (bicyclic) bond motifs is 1. The number of nitrogens with one attached hydrogen (secondary N) is 1. The molecule has 6 heteroatoms. The highest BCUT2D eigenvalue weighted by atomic mass is 19.1. The van der Waals surface area contributed by atoms with Crippen LogP contribution in [0.5, 0.6) is 0 Å². The van der Waals surface area contributed by atoms with Crippen LogP contribution in [0.1, 0.15) is 23.6 Å². The topological polar surface area (TPSA) is 52.7 Å². The van der Waals surface area contributed by atoms with E-state index in [-0.39, 0.29) is 30.2 Å². The fourth-order valence-corrected chi connectivity index (χ4v) is 3.91. The Kier molecular flexibility index (Phi) is 4.90. The lowest BCUT2D eigenvalue weighted by Crippen LogP contribution is -2.52. The number of carbonyl (C=O) groups is 2. The number of halogens is 1. The molecule has 0 spiro atoms. The summed E-state index contributed by atoms with van der Waals surface area (Å²) in [5.74, 6) is -0.457. The molecule has 0 radical (unpaired) electrons. The molecule has 4 rings (SSSR count). The predicted octanol–water partition coefficient (Wildman–Crippen LogP) is 2.28. The molecule has 2 aromatic carbocycles. The molecular weight excluding hydrogens is 345 g/mol. The summed E-state index contributed by atoms with van der Waals surface area (Å²) in [4.78, 5) is 28.9. The summed E-state index contributed by atoms with van der Waals surface area (Å²) in [7, 11) is 0. The molecule has 2 aliphatic rings. The summed E-state index contributed by atoms with van der Waals surface area (Å²) < 4.78 is 13.7. The largest absolute Gasteiger partial charge is 0.332 e. The van der Waals surface area contributed by atoms with E-state index in [4.69, 9.17) is 0 Å². The second-order valence-corrected chi connectivity index (χ2v) is 6.97. The second-order valence-electron chi connectivity index (χ2n) is 6.97. The molecule has 1 saturated heterocycles. The number of carbonyl (C=O) groups excluding carboxylic acids is 2. The van der Waals surface area contributed by atoms with Gasteiger partial charge in [0.15, 0.2) is 0 Å². The first-order valence-electron chi connectivity index (χ1n) is 9.27. The van der Waals surface area contributed by atoms with Crippen LogP contribution in [0.25, 0.3) is 0 Å². The molecule has 1 fully saturated rings. The minimum Gasteiger partial charge on any atom is -0.332 e. The highest BCUT2D eigenvalue weighted by Gasteiger charge is 2.32. The van der Waals surface area contributed by atoms with Gasteiger partial charge in [0.25, 0.3) is 0 Å². The number of piperazine rings is 1. The molecular formula is C21H22FN3O2. The summed E-state index contributed by atoms with van der Waals surface area (Å²) in [5.41, 5.74) is 2.67. The highest BCUT2D eigenvalue weighted by Crippen LogP contribution is 2.29. The van der Waals surface area contributed by atoms with Gasteiger partial charge in [-0.15, -0.1) is 0 Å². The molecule has 140 valence electrons. The van der Waals surface area contributed by atoms with Gasteiger partial charge in [-0.3, -0.25) is 9.59 Å². The monoisotopic (exact) mass is 367 g/mol. The number of para-hydroxylation sites is 1. The first-order valence-corrected chi connectivity index (χ1v) is 9.27. The lowest BCUT2D eigenvalue weighted by molar-refractivity contribution is -0.134. The highest BCUT2D eigenvalue weighted by molar-refractivity contribution is 6.01. The average molecular weight is 367 g/mol. The molecule has 27 heavy (non-hydrogen) atoms.